The van der Waals surface area contributed by atoms with Crippen LogP contribution in [-0.2, 0) is 5.75 Å². The van der Waals surface area contributed by atoms with E-state index < -0.39 is 0 Å². The van der Waals surface area contributed by atoms with Crippen molar-refractivity contribution in [3.63, 3.8) is 0 Å². The van der Waals surface area contributed by atoms with Gasteiger partial charge in [0.15, 0.2) is 0 Å². The number of hydrogen-bond acceptors (Lipinski definition) is 3. The summed E-state index contributed by atoms with van der Waals surface area (Å²) in [6, 6.07) is 5.48. The van der Waals surface area contributed by atoms with Gasteiger partial charge in [0.25, 0.3) is 0 Å². The van der Waals surface area contributed by atoms with Gasteiger partial charge in [-0.25, -0.2) is 0 Å². The normalized spacial score (nSPS) is 12.8. The van der Waals surface area contributed by atoms with Gasteiger partial charge in [0.05, 0.1) is 6.10 Å². The first-order chi connectivity index (χ1) is 7.63. The number of benzene rings is 1. The minimum Gasteiger partial charge on any atom is -0.391 e. The van der Waals surface area contributed by atoms with Crippen LogP contribution in [0.1, 0.15) is 5.56 Å². The molecule has 0 aliphatic rings. The van der Waals surface area contributed by atoms with Crippen LogP contribution in [0.25, 0.3) is 0 Å². The zero-order valence-corrected chi connectivity index (χ0v) is 11.4. The van der Waals surface area contributed by atoms with Crippen LogP contribution in [0.5, 0.6) is 0 Å². The zero-order chi connectivity index (χ0) is 12.0. The van der Waals surface area contributed by atoms with Crippen LogP contribution in [0, 0.1) is 0 Å². The van der Waals surface area contributed by atoms with E-state index in [0.717, 1.165) is 11.3 Å². The summed E-state index contributed by atoms with van der Waals surface area (Å²) >= 11 is 13.5. The predicted octanol–water partition coefficient (Wildman–Crippen LogP) is 2.81. The molecule has 0 aliphatic carbocycles. The Hall–Kier alpha value is 0.0700. The van der Waals surface area contributed by atoms with Crippen molar-refractivity contribution < 1.29 is 5.11 Å². The van der Waals surface area contributed by atoms with Crippen molar-refractivity contribution >= 4 is 35.0 Å². The molecule has 1 atom stereocenters. The fraction of sp³-hybridized carbons (Fsp3) is 0.455. The third-order valence-electron chi connectivity index (χ3n) is 2.02. The number of rotatable bonds is 6. The number of aliphatic hydroxyl groups excluding tert-OH is 1. The number of likely N-dealkylation sites (N-methyl/N-ethyl adjacent to an activating group) is 1. The van der Waals surface area contributed by atoms with Crippen LogP contribution in [0.2, 0.25) is 10.0 Å². The summed E-state index contributed by atoms with van der Waals surface area (Å²) in [6.07, 6.45) is -0.318. The Kier molecular flexibility index (Phi) is 6.54. The molecule has 90 valence electrons. The molecule has 0 radical (unpaired) electrons. The molecule has 0 heterocycles. The Bertz CT molecular complexity index is 336. The molecule has 5 heteroatoms. The molecule has 0 saturated carbocycles. The van der Waals surface area contributed by atoms with Crippen LogP contribution in [0.15, 0.2) is 18.2 Å². The van der Waals surface area contributed by atoms with Gasteiger partial charge in [-0.1, -0.05) is 29.3 Å². The van der Waals surface area contributed by atoms with Gasteiger partial charge in [-0.15, -0.1) is 0 Å². The predicted molar refractivity (Wildman–Crippen MR) is 72.6 cm³/mol. The van der Waals surface area contributed by atoms with E-state index in [1.807, 2.05) is 19.2 Å². The fourth-order valence-corrected chi connectivity index (χ4v) is 2.77. The van der Waals surface area contributed by atoms with Crippen LogP contribution in [-0.4, -0.2) is 30.6 Å². The van der Waals surface area contributed by atoms with Gasteiger partial charge >= 0.3 is 0 Å². The summed E-state index contributed by atoms with van der Waals surface area (Å²) in [6.45, 7) is 0.612. The molecule has 1 unspecified atom stereocenters. The number of aliphatic hydroxyl groups is 1. The number of nitrogens with one attached hydrogen (secondary N) is 1. The van der Waals surface area contributed by atoms with E-state index in [-0.39, 0.29) is 6.10 Å². The molecule has 0 aliphatic heterocycles. The minimum atomic E-state index is -0.318. The lowest BCUT2D eigenvalue weighted by atomic mass is 10.2. The highest BCUT2D eigenvalue weighted by atomic mass is 35.5. The third-order valence-corrected chi connectivity index (χ3v) is 3.75. The lowest BCUT2D eigenvalue weighted by Crippen LogP contribution is -2.25. The van der Waals surface area contributed by atoms with Gasteiger partial charge in [-0.05, 0) is 24.7 Å². The van der Waals surface area contributed by atoms with Crippen molar-refractivity contribution in [1.29, 1.82) is 0 Å². The molecule has 1 aromatic carbocycles. The van der Waals surface area contributed by atoms with E-state index in [1.165, 1.54) is 0 Å². The fourth-order valence-electron chi connectivity index (χ4n) is 1.24. The Labute approximate surface area is 110 Å². The second kappa shape index (κ2) is 7.41. The van der Waals surface area contributed by atoms with Crippen molar-refractivity contribution in [2.45, 2.75) is 11.9 Å². The van der Waals surface area contributed by atoms with Gasteiger partial charge in [0.1, 0.15) is 0 Å². The molecule has 16 heavy (non-hydrogen) atoms. The highest BCUT2D eigenvalue weighted by Crippen LogP contribution is 2.24. The van der Waals surface area contributed by atoms with E-state index in [2.05, 4.69) is 5.32 Å². The standard InChI is InChI=1S/C11H15Cl2NOS/c1-14-5-10(15)7-16-6-8-2-3-9(12)4-11(8)13/h2-4,10,14-15H,5-7H2,1H3. The maximum absolute atomic E-state index is 9.50. The summed E-state index contributed by atoms with van der Waals surface area (Å²) in [4.78, 5) is 0. The number of hydrogen-bond donors (Lipinski definition) is 2. The Balaban J connectivity index is 2.37. The SMILES string of the molecule is CNCC(O)CSCc1ccc(Cl)cc1Cl. The topological polar surface area (TPSA) is 32.3 Å². The number of thioether (sulfide) groups is 1. The second-order valence-electron chi connectivity index (χ2n) is 3.46. The smallest absolute Gasteiger partial charge is 0.0754 e. The van der Waals surface area contributed by atoms with Crippen molar-refractivity contribution in [3.05, 3.63) is 33.8 Å². The average molecular weight is 280 g/mol. The van der Waals surface area contributed by atoms with Crippen LogP contribution in [0.4, 0.5) is 0 Å². The average Bonchev–Trinajstić information content (AvgIpc) is 2.22. The maximum atomic E-state index is 9.50. The van der Waals surface area contributed by atoms with Crippen LogP contribution >= 0.6 is 35.0 Å². The van der Waals surface area contributed by atoms with Crippen molar-refractivity contribution in [2.75, 3.05) is 19.3 Å². The van der Waals surface area contributed by atoms with E-state index >= 15 is 0 Å². The van der Waals surface area contributed by atoms with E-state index in [0.29, 0.717) is 22.3 Å². The molecular weight excluding hydrogens is 265 g/mol. The van der Waals surface area contributed by atoms with Gasteiger partial charge in [-0.2, -0.15) is 11.8 Å². The van der Waals surface area contributed by atoms with Crippen molar-refractivity contribution in [1.82, 2.24) is 5.32 Å². The molecule has 0 bridgehead atoms. The molecule has 0 fully saturated rings. The summed E-state index contributed by atoms with van der Waals surface area (Å²) in [5.74, 6) is 1.48. The lowest BCUT2D eigenvalue weighted by Gasteiger charge is -2.09. The maximum Gasteiger partial charge on any atom is 0.0754 e. The molecule has 0 spiro atoms. The largest absolute Gasteiger partial charge is 0.391 e. The summed E-state index contributed by atoms with van der Waals surface area (Å²) in [7, 11) is 1.82. The van der Waals surface area contributed by atoms with Gasteiger partial charge in [0, 0.05) is 28.1 Å². The van der Waals surface area contributed by atoms with Crippen molar-refractivity contribution in [3.8, 4) is 0 Å². The first-order valence-electron chi connectivity index (χ1n) is 4.98. The first kappa shape index (κ1) is 14.1. The summed E-state index contributed by atoms with van der Waals surface area (Å²) in [5.41, 5.74) is 1.05. The first-order valence-corrected chi connectivity index (χ1v) is 6.89. The molecule has 0 amide bonds. The summed E-state index contributed by atoms with van der Waals surface area (Å²) in [5, 5.41) is 13.8. The highest BCUT2D eigenvalue weighted by molar-refractivity contribution is 7.98. The molecule has 0 aromatic heterocycles. The lowest BCUT2D eigenvalue weighted by molar-refractivity contribution is 0.199. The Morgan fingerprint density at radius 2 is 2.19 bits per heavy atom. The molecule has 2 nitrogen and oxygen atoms in total. The molecule has 0 saturated heterocycles. The van der Waals surface area contributed by atoms with E-state index in [1.54, 1.807) is 17.8 Å². The van der Waals surface area contributed by atoms with Crippen LogP contribution in [0.3, 0.4) is 0 Å². The van der Waals surface area contributed by atoms with E-state index in [4.69, 9.17) is 23.2 Å². The van der Waals surface area contributed by atoms with E-state index in [9.17, 15) is 5.11 Å². The van der Waals surface area contributed by atoms with Gasteiger partial charge < -0.3 is 10.4 Å². The zero-order valence-electron chi connectivity index (χ0n) is 9.04. The number of halogens is 2. The van der Waals surface area contributed by atoms with Gasteiger partial charge in [-0.3, -0.25) is 0 Å². The molecule has 1 rings (SSSR count). The van der Waals surface area contributed by atoms with Crippen molar-refractivity contribution in [2.24, 2.45) is 0 Å². The minimum absolute atomic E-state index is 0.318. The summed E-state index contributed by atoms with van der Waals surface area (Å²) < 4.78 is 0. The highest BCUT2D eigenvalue weighted by Gasteiger charge is 2.05. The third kappa shape index (κ3) is 4.93. The van der Waals surface area contributed by atoms with Crippen LogP contribution < -0.4 is 5.32 Å². The quantitative estimate of drug-likeness (QED) is 0.840. The monoisotopic (exact) mass is 279 g/mol. The van der Waals surface area contributed by atoms with Gasteiger partial charge in [0.2, 0.25) is 0 Å². The second-order valence-corrected chi connectivity index (χ2v) is 5.34. The molecule has 1 aromatic rings. The Morgan fingerprint density at radius 3 is 2.81 bits per heavy atom. The Morgan fingerprint density at radius 1 is 1.44 bits per heavy atom. The molecule has 2 N–H and O–H groups in total. The molecular formula is C11H15Cl2NOS.